The number of nitrogens with one attached hydrogen (secondary N) is 2. The maximum Gasteiger partial charge on any atom is 0.277 e. The maximum atomic E-state index is 13.1. The summed E-state index contributed by atoms with van der Waals surface area (Å²) in [6.45, 7) is 0.380. The van der Waals surface area contributed by atoms with Crippen molar-refractivity contribution in [1.29, 1.82) is 0 Å². The predicted molar refractivity (Wildman–Crippen MR) is 123 cm³/mol. The van der Waals surface area contributed by atoms with Crippen LogP contribution in [-0.2, 0) is 11.3 Å². The summed E-state index contributed by atoms with van der Waals surface area (Å²) in [6.07, 6.45) is 0. The lowest BCUT2D eigenvalue weighted by Crippen LogP contribution is -2.25. The fraction of sp³-hybridized carbons (Fsp3) is 0.0833. The van der Waals surface area contributed by atoms with Gasteiger partial charge in [0.05, 0.1) is 17.0 Å². The summed E-state index contributed by atoms with van der Waals surface area (Å²) in [4.78, 5) is 25.1. The molecule has 0 unspecified atom stereocenters. The number of hydrogen-bond acceptors (Lipinski definition) is 6. The molecule has 33 heavy (non-hydrogen) atoms. The van der Waals surface area contributed by atoms with Crippen molar-refractivity contribution in [2.24, 2.45) is 0 Å². The van der Waals surface area contributed by atoms with Crippen molar-refractivity contribution in [3.8, 4) is 11.5 Å². The van der Waals surface area contributed by atoms with Gasteiger partial charge in [-0.3, -0.25) is 9.59 Å². The Morgan fingerprint density at radius 3 is 2.42 bits per heavy atom. The van der Waals surface area contributed by atoms with E-state index in [1.807, 2.05) is 30.3 Å². The average Bonchev–Trinajstić information content (AvgIpc) is 3.32. The Bertz CT molecular complexity index is 1250. The highest BCUT2D eigenvalue weighted by atomic mass is 32.2. The Morgan fingerprint density at radius 1 is 0.909 bits per heavy atom. The van der Waals surface area contributed by atoms with Crippen molar-refractivity contribution in [2.45, 2.75) is 11.8 Å². The lowest BCUT2D eigenvalue weighted by Gasteiger charge is -2.11. The van der Waals surface area contributed by atoms with Gasteiger partial charge in [-0.25, -0.2) is 4.39 Å². The third-order valence-corrected chi connectivity index (χ3v) is 5.38. The Morgan fingerprint density at radius 2 is 1.64 bits per heavy atom. The topological polar surface area (TPSA) is 97.1 Å². The number of hydrogen-bond donors (Lipinski definition) is 2. The lowest BCUT2D eigenvalue weighted by molar-refractivity contribution is -0.113. The number of rotatable bonds is 8. The van der Waals surface area contributed by atoms with E-state index in [0.717, 1.165) is 17.3 Å². The second-order valence-electron chi connectivity index (χ2n) is 6.93. The van der Waals surface area contributed by atoms with Crippen LogP contribution < -0.4 is 10.6 Å². The van der Waals surface area contributed by atoms with Crippen LogP contribution >= 0.6 is 11.8 Å². The van der Waals surface area contributed by atoms with Gasteiger partial charge >= 0.3 is 0 Å². The smallest absolute Gasteiger partial charge is 0.277 e. The number of carbonyl (C=O) groups excluding carboxylic acids is 2. The molecule has 2 amide bonds. The Kier molecular flexibility index (Phi) is 7.11. The minimum atomic E-state index is -0.362. The molecule has 2 N–H and O–H groups in total. The molecule has 166 valence electrons. The summed E-state index contributed by atoms with van der Waals surface area (Å²) in [7, 11) is 0. The molecule has 9 heteroatoms. The molecule has 0 aliphatic carbocycles. The third kappa shape index (κ3) is 6.05. The van der Waals surface area contributed by atoms with Crippen molar-refractivity contribution in [3.63, 3.8) is 0 Å². The van der Waals surface area contributed by atoms with E-state index in [-0.39, 0.29) is 34.5 Å². The minimum Gasteiger partial charge on any atom is -0.411 e. The third-order valence-electron chi connectivity index (χ3n) is 4.57. The summed E-state index contributed by atoms with van der Waals surface area (Å²) in [5.41, 5.74) is 2.33. The number of benzene rings is 3. The highest BCUT2D eigenvalue weighted by Crippen LogP contribution is 2.24. The van der Waals surface area contributed by atoms with Crippen LogP contribution in [0, 0.1) is 5.82 Å². The molecule has 0 fully saturated rings. The van der Waals surface area contributed by atoms with Gasteiger partial charge in [0, 0.05) is 12.1 Å². The van der Waals surface area contributed by atoms with Gasteiger partial charge in [0.15, 0.2) is 0 Å². The molecule has 7 nitrogen and oxygen atoms in total. The van der Waals surface area contributed by atoms with E-state index in [1.165, 1.54) is 24.3 Å². The van der Waals surface area contributed by atoms with Crippen LogP contribution in [-0.4, -0.2) is 27.8 Å². The van der Waals surface area contributed by atoms with Gasteiger partial charge < -0.3 is 15.1 Å². The summed E-state index contributed by atoms with van der Waals surface area (Å²) < 4.78 is 18.6. The number of halogens is 1. The van der Waals surface area contributed by atoms with E-state index in [2.05, 4.69) is 20.8 Å². The molecule has 3 aromatic carbocycles. The van der Waals surface area contributed by atoms with Crippen molar-refractivity contribution in [3.05, 3.63) is 95.8 Å². The van der Waals surface area contributed by atoms with E-state index >= 15 is 0 Å². The van der Waals surface area contributed by atoms with Crippen molar-refractivity contribution in [2.75, 3.05) is 11.1 Å². The monoisotopic (exact) mass is 462 g/mol. The van der Waals surface area contributed by atoms with Gasteiger partial charge in [-0.2, -0.15) is 0 Å². The van der Waals surface area contributed by atoms with Gasteiger partial charge in [-0.1, -0.05) is 54.2 Å². The highest BCUT2D eigenvalue weighted by molar-refractivity contribution is 7.99. The van der Waals surface area contributed by atoms with Crippen molar-refractivity contribution < 1.29 is 18.4 Å². The summed E-state index contributed by atoms with van der Waals surface area (Å²) in [5, 5.41) is 13.6. The molecule has 0 aliphatic rings. The molecule has 4 aromatic rings. The first-order valence-electron chi connectivity index (χ1n) is 10.0. The largest absolute Gasteiger partial charge is 0.411 e. The van der Waals surface area contributed by atoms with Crippen LogP contribution in [0.15, 0.2) is 88.5 Å². The Balaban J connectivity index is 1.33. The van der Waals surface area contributed by atoms with Gasteiger partial charge in [0.2, 0.25) is 11.8 Å². The van der Waals surface area contributed by atoms with Gasteiger partial charge in [-0.15, -0.1) is 10.2 Å². The quantitative estimate of drug-likeness (QED) is 0.373. The number of aromatic nitrogens is 2. The van der Waals surface area contributed by atoms with Crippen molar-refractivity contribution in [1.82, 2.24) is 15.5 Å². The van der Waals surface area contributed by atoms with E-state index in [0.29, 0.717) is 23.4 Å². The van der Waals surface area contributed by atoms with E-state index in [9.17, 15) is 14.0 Å². The Hall–Kier alpha value is -3.98. The molecule has 0 atom stereocenters. The molecule has 0 spiro atoms. The zero-order valence-corrected chi connectivity index (χ0v) is 18.1. The zero-order chi connectivity index (χ0) is 23.0. The van der Waals surface area contributed by atoms with Crippen LogP contribution in [0.25, 0.3) is 11.5 Å². The number of anilines is 1. The second kappa shape index (κ2) is 10.6. The standard InChI is InChI=1S/C24H19FN4O3S/c25-18-12-10-17(11-13-18)23-28-29-24(32-23)33-15-21(30)27-20-9-5-4-8-19(20)22(31)26-14-16-6-2-1-3-7-16/h1-13H,14-15H2,(H,26,31)(H,27,30). The first-order valence-corrected chi connectivity index (χ1v) is 11.0. The summed E-state index contributed by atoms with van der Waals surface area (Å²) in [6, 6.07) is 22.0. The normalized spacial score (nSPS) is 10.6. The Labute approximate surface area is 193 Å². The average molecular weight is 463 g/mol. The molecule has 0 saturated carbocycles. The SMILES string of the molecule is O=C(CSc1nnc(-c2ccc(F)cc2)o1)Nc1ccccc1C(=O)NCc1ccccc1. The van der Waals surface area contributed by atoms with Crippen molar-refractivity contribution >= 4 is 29.3 Å². The second-order valence-corrected chi connectivity index (χ2v) is 7.86. The molecule has 0 aliphatic heterocycles. The first kappa shape index (κ1) is 22.2. The lowest BCUT2D eigenvalue weighted by atomic mass is 10.1. The van der Waals surface area contributed by atoms with E-state index in [1.54, 1.807) is 24.3 Å². The molecular weight excluding hydrogens is 443 g/mol. The first-order chi connectivity index (χ1) is 16.1. The number of para-hydroxylation sites is 1. The van der Waals surface area contributed by atoms with Crippen LogP contribution in [0.5, 0.6) is 0 Å². The summed E-state index contributed by atoms with van der Waals surface area (Å²) >= 11 is 1.06. The fourth-order valence-corrected chi connectivity index (χ4v) is 3.52. The molecule has 0 radical (unpaired) electrons. The summed E-state index contributed by atoms with van der Waals surface area (Å²) in [5.74, 6) is -0.740. The zero-order valence-electron chi connectivity index (χ0n) is 17.3. The number of carbonyl (C=O) groups is 2. The molecule has 0 bridgehead atoms. The minimum absolute atomic E-state index is 0.00498. The van der Waals surface area contributed by atoms with E-state index < -0.39 is 0 Å². The van der Waals surface area contributed by atoms with Gasteiger partial charge in [0.1, 0.15) is 5.82 Å². The molecule has 4 rings (SSSR count). The van der Waals surface area contributed by atoms with Crippen LogP contribution in [0.3, 0.4) is 0 Å². The number of thioether (sulfide) groups is 1. The van der Waals surface area contributed by atoms with E-state index in [4.69, 9.17) is 4.42 Å². The van der Waals surface area contributed by atoms with Gasteiger partial charge in [0.25, 0.3) is 11.1 Å². The number of nitrogens with zero attached hydrogens (tertiary/aromatic N) is 2. The molecule has 1 aromatic heterocycles. The highest BCUT2D eigenvalue weighted by Gasteiger charge is 2.15. The number of amides is 2. The van der Waals surface area contributed by atoms with Crippen LogP contribution in [0.4, 0.5) is 10.1 Å². The van der Waals surface area contributed by atoms with Gasteiger partial charge in [-0.05, 0) is 42.0 Å². The van der Waals surface area contributed by atoms with Crippen LogP contribution in [0.1, 0.15) is 15.9 Å². The molecular formula is C24H19FN4O3S. The maximum absolute atomic E-state index is 13.1. The van der Waals surface area contributed by atoms with Crippen LogP contribution in [0.2, 0.25) is 0 Å². The fourth-order valence-electron chi connectivity index (χ4n) is 2.95. The molecule has 0 saturated heterocycles. The molecule has 1 heterocycles. The predicted octanol–water partition coefficient (Wildman–Crippen LogP) is 4.54.